The molecular weight excluding hydrogens is 148 g/mol. The molecule has 0 radical (unpaired) electrons. The Hall–Kier alpha value is -0.0800. The summed E-state index contributed by atoms with van der Waals surface area (Å²) < 4.78 is 0. The van der Waals surface area contributed by atoms with E-state index in [1.54, 1.807) is 0 Å². The van der Waals surface area contributed by atoms with Crippen molar-refractivity contribution in [1.82, 2.24) is 10.2 Å². The van der Waals surface area contributed by atoms with E-state index in [4.69, 9.17) is 0 Å². The highest BCUT2D eigenvalue weighted by Gasteiger charge is 2.16. The standard InChI is InChI=1S/C10H22N2/c1-10-6-3-4-8-12(10)9-5-7-11-2/h10-11H,3-9H2,1-2H3. The fourth-order valence-electron chi connectivity index (χ4n) is 1.95. The lowest BCUT2D eigenvalue weighted by Gasteiger charge is -2.33. The molecule has 12 heavy (non-hydrogen) atoms. The molecule has 0 aliphatic carbocycles. The lowest BCUT2D eigenvalue weighted by molar-refractivity contribution is 0.159. The summed E-state index contributed by atoms with van der Waals surface area (Å²) in [5.41, 5.74) is 0. The van der Waals surface area contributed by atoms with E-state index >= 15 is 0 Å². The Balaban J connectivity index is 2.11. The highest BCUT2D eigenvalue weighted by atomic mass is 15.2. The third kappa shape index (κ3) is 3.11. The Morgan fingerprint density at radius 2 is 2.25 bits per heavy atom. The molecule has 0 aromatic carbocycles. The molecule has 1 N–H and O–H groups in total. The Kier molecular flexibility index (Phi) is 4.62. The van der Waals surface area contributed by atoms with Crippen molar-refractivity contribution in [3.8, 4) is 0 Å². The molecule has 1 unspecified atom stereocenters. The number of nitrogens with zero attached hydrogens (tertiary/aromatic N) is 1. The van der Waals surface area contributed by atoms with Crippen molar-refractivity contribution in [2.75, 3.05) is 26.7 Å². The third-order valence-electron chi connectivity index (χ3n) is 2.81. The average molecular weight is 170 g/mol. The monoisotopic (exact) mass is 170 g/mol. The van der Waals surface area contributed by atoms with E-state index in [0.29, 0.717) is 0 Å². The number of nitrogens with one attached hydrogen (secondary N) is 1. The summed E-state index contributed by atoms with van der Waals surface area (Å²) in [5, 5.41) is 3.20. The minimum absolute atomic E-state index is 0.829. The molecule has 72 valence electrons. The normalized spacial score (nSPS) is 26.0. The molecule has 1 heterocycles. The number of likely N-dealkylation sites (tertiary alicyclic amines) is 1. The van der Waals surface area contributed by atoms with Gasteiger partial charge in [-0.3, -0.25) is 0 Å². The Bertz CT molecular complexity index is 114. The fourth-order valence-corrected chi connectivity index (χ4v) is 1.95. The molecule has 0 aromatic rings. The zero-order chi connectivity index (χ0) is 8.81. The Morgan fingerprint density at radius 1 is 1.42 bits per heavy atom. The summed E-state index contributed by atoms with van der Waals surface area (Å²) in [6.45, 7) is 6.12. The first-order valence-corrected chi connectivity index (χ1v) is 5.23. The molecule has 1 fully saturated rings. The van der Waals surface area contributed by atoms with E-state index in [-0.39, 0.29) is 0 Å². The summed E-state index contributed by atoms with van der Waals surface area (Å²) in [7, 11) is 2.03. The van der Waals surface area contributed by atoms with Crippen LogP contribution in [0, 0.1) is 0 Å². The van der Waals surface area contributed by atoms with Gasteiger partial charge in [0, 0.05) is 6.04 Å². The zero-order valence-corrected chi connectivity index (χ0v) is 8.47. The van der Waals surface area contributed by atoms with Crippen molar-refractivity contribution in [2.24, 2.45) is 0 Å². The summed E-state index contributed by atoms with van der Waals surface area (Å²) in [6, 6.07) is 0.829. The molecule has 2 heteroatoms. The summed E-state index contributed by atoms with van der Waals surface area (Å²) in [4.78, 5) is 2.63. The van der Waals surface area contributed by atoms with Gasteiger partial charge in [0.1, 0.15) is 0 Å². The Labute approximate surface area is 76.3 Å². The lowest BCUT2D eigenvalue weighted by Crippen LogP contribution is -2.38. The van der Waals surface area contributed by atoms with E-state index in [2.05, 4.69) is 17.1 Å². The van der Waals surface area contributed by atoms with Gasteiger partial charge in [0.15, 0.2) is 0 Å². The molecule has 0 saturated carbocycles. The number of hydrogen-bond donors (Lipinski definition) is 1. The molecule has 0 aromatic heterocycles. The van der Waals surface area contributed by atoms with Crippen LogP contribution in [0.25, 0.3) is 0 Å². The molecule has 0 amide bonds. The van der Waals surface area contributed by atoms with Crippen LogP contribution in [0.3, 0.4) is 0 Å². The van der Waals surface area contributed by atoms with Crippen LogP contribution in [0.4, 0.5) is 0 Å². The van der Waals surface area contributed by atoms with Crippen molar-refractivity contribution in [3.05, 3.63) is 0 Å². The summed E-state index contributed by atoms with van der Waals surface area (Å²) >= 11 is 0. The van der Waals surface area contributed by atoms with Crippen LogP contribution in [0.2, 0.25) is 0 Å². The largest absolute Gasteiger partial charge is 0.320 e. The summed E-state index contributed by atoms with van der Waals surface area (Å²) in [6.07, 6.45) is 5.54. The molecule has 0 bridgehead atoms. The topological polar surface area (TPSA) is 15.3 Å². The van der Waals surface area contributed by atoms with Gasteiger partial charge in [0.2, 0.25) is 0 Å². The molecular formula is C10H22N2. The second-order valence-electron chi connectivity index (χ2n) is 3.84. The molecule has 0 spiro atoms. The van der Waals surface area contributed by atoms with Crippen LogP contribution in [-0.2, 0) is 0 Å². The van der Waals surface area contributed by atoms with Crippen molar-refractivity contribution in [2.45, 2.75) is 38.6 Å². The highest BCUT2D eigenvalue weighted by molar-refractivity contribution is 4.72. The Morgan fingerprint density at radius 3 is 2.92 bits per heavy atom. The average Bonchev–Trinajstić information content (AvgIpc) is 2.09. The predicted octanol–water partition coefficient (Wildman–Crippen LogP) is 1.47. The maximum atomic E-state index is 3.20. The van der Waals surface area contributed by atoms with Gasteiger partial charge in [0.25, 0.3) is 0 Å². The van der Waals surface area contributed by atoms with E-state index in [1.807, 2.05) is 7.05 Å². The van der Waals surface area contributed by atoms with Crippen molar-refractivity contribution >= 4 is 0 Å². The smallest absolute Gasteiger partial charge is 0.00669 e. The van der Waals surface area contributed by atoms with E-state index in [9.17, 15) is 0 Å². The van der Waals surface area contributed by atoms with E-state index < -0.39 is 0 Å². The number of rotatable bonds is 4. The van der Waals surface area contributed by atoms with Crippen molar-refractivity contribution < 1.29 is 0 Å². The van der Waals surface area contributed by atoms with Gasteiger partial charge in [-0.05, 0) is 52.9 Å². The first-order chi connectivity index (χ1) is 5.84. The molecule has 2 nitrogen and oxygen atoms in total. The van der Waals surface area contributed by atoms with E-state index in [1.165, 1.54) is 38.8 Å². The zero-order valence-electron chi connectivity index (χ0n) is 8.47. The molecule has 1 saturated heterocycles. The molecule has 1 aliphatic heterocycles. The van der Waals surface area contributed by atoms with Gasteiger partial charge in [-0.15, -0.1) is 0 Å². The van der Waals surface area contributed by atoms with Crippen LogP contribution in [0.15, 0.2) is 0 Å². The SMILES string of the molecule is CNCCCN1CCCCC1C. The van der Waals surface area contributed by atoms with E-state index in [0.717, 1.165) is 12.6 Å². The van der Waals surface area contributed by atoms with Crippen LogP contribution in [-0.4, -0.2) is 37.6 Å². The molecule has 1 aliphatic rings. The first-order valence-electron chi connectivity index (χ1n) is 5.23. The predicted molar refractivity (Wildman–Crippen MR) is 53.4 cm³/mol. The van der Waals surface area contributed by atoms with Gasteiger partial charge in [-0.1, -0.05) is 6.42 Å². The number of hydrogen-bond acceptors (Lipinski definition) is 2. The summed E-state index contributed by atoms with van der Waals surface area (Å²) in [5.74, 6) is 0. The third-order valence-corrected chi connectivity index (χ3v) is 2.81. The molecule has 1 rings (SSSR count). The van der Waals surface area contributed by atoms with Crippen LogP contribution in [0.5, 0.6) is 0 Å². The van der Waals surface area contributed by atoms with Gasteiger partial charge in [-0.2, -0.15) is 0 Å². The van der Waals surface area contributed by atoms with Gasteiger partial charge in [-0.25, -0.2) is 0 Å². The van der Waals surface area contributed by atoms with Crippen LogP contribution in [0.1, 0.15) is 32.6 Å². The minimum atomic E-state index is 0.829. The molecule has 1 atom stereocenters. The van der Waals surface area contributed by atoms with Crippen molar-refractivity contribution in [1.29, 1.82) is 0 Å². The quantitative estimate of drug-likeness (QED) is 0.643. The van der Waals surface area contributed by atoms with Gasteiger partial charge >= 0.3 is 0 Å². The highest BCUT2D eigenvalue weighted by Crippen LogP contribution is 2.15. The fraction of sp³-hybridized carbons (Fsp3) is 1.00. The van der Waals surface area contributed by atoms with Gasteiger partial charge < -0.3 is 10.2 Å². The first kappa shape index (κ1) is 10.0. The lowest BCUT2D eigenvalue weighted by atomic mass is 10.0. The van der Waals surface area contributed by atoms with Crippen LogP contribution >= 0.6 is 0 Å². The maximum absolute atomic E-state index is 3.20. The maximum Gasteiger partial charge on any atom is 0.00669 e. The second-order valence-corrected chi connectivity index (χ2v) is 3.84. The minimum Gasteiger partial charge on any atom is -0.320 e. The van der Waals surface area contributed by atoms with Crippen molar-refractivity contribution in [3.63, 3.8) is 0 Å². The van der Waals surface area contributed by atoms with Gasteiger partial charge in [0.05, 0.1) is 0 Å². The second kappa shape index (κ2) is 5.55. The van der Waals surface area contributed by atoms with Crippen LogP contribution < -0.4 is 5.32 Å². The number of piperidine rings is 1.